The van der Waals surface area contributed by atoms with Gasteiger partial charge in [0.05, 0.1) is 0 Å². The Hall–Kier alpha value is -8.00. The molecule has 0 fully saturated rings. The van der Waals surface area contributed by atoms with Crippen molar-refractivity contribution in [1.82, 2.24) is 0 Å². The van der Waals surface area contributed by atoms with Crippen molar-refractivity contribution in [2.24, 2.45) is 0 Å². The molecular formula is C60H41N. The van der Waals surface area contributed by atoms with E-state index in [0.717, 1.165) is 17.1 Å². The van der Waals surface area contributed by atoms with Crippen LogP contribution in [0.1, 0.15) is 0 Å². The minimum absolute atomic E-state index is 1.09. The zero-order valence-corrected chi connectivity index (χ0v) is 33.6. The van der Waals surface area contributed by atoms with Crippen LogP contribution in [0.5, 0.6) is 0 Å². The molecule has 0 saturated heterocycles. The van der Waals surface area contributed by atoms with E-state index >= 15 is 0 Å². The van der Waals surface area contributed by atoms with Crippen LogP contribution in [-0.2, 0) is 0 Å². The summed E-state index contributed by atoms with van der Waals surface area (Å²) in [5, 5.41) is 7.51. The molecule has 0 atom stereocenters. The highest BCUT2D eigenvalue weighted by molar-refractivity contribution is 5.99. The van der Waals surface area contributed by atoms with Crippen molar-refractivity contribution < 1.29 is 0 Å². The third kappa shape index (κ3) is 6.93. The van der Waals surface area contributed by atoms with Gasteiger partial charge in [0.1, 0.15) is 0 Å². The first kappa shape index (κ1) is 36.1. The molecule has 1 heteroatoms. The average molecular weight is 776 g/mol. The molecule has 0 saturated carbocycles. The molecule has 0 amide bonds. The highest BCUT2D eigenvalue weighted by Crippen LogP contribution is 2.41. The summed E-state index contributed by atoms with van der Waals surface area (Å²) < 4.78 is 0. The summed E-state index contributed by atoms with van der Waals surface area (Å²) in [6.45, 7) is 0. The first-order valence-electron chi connectivity index (χ1n) is 21.0. The van der Waals surface area contributed by atoms with E-state index < -0.39 is 0 Å². The van der Waals surface area contributed by atoms with Crippen molar-refractivity contribution in [1.29, 1.82) is 0 Å². The molecule has 11 aromatic carbocycles. The molecule has 0 heterocycles. The Morgan fingerprint density at radius 1 is 0.197 bits per heavy atom. The predicted molar refractivity (Wildman–Crippen MR) is 261 cm³/mol. The van der Waals surface area contributed by atoms with Gasteiger partial charge in [-0.05, 0) is 136 Å². The molecule has 0 radical (unpaired) electrons. The smallest absolute Gasteiger partial charge is 0.0462 e. The summed E-state index contributed by atoms with van der Waals surface area (Å²) in [6, 6.07) is 90.4. The SMILES string of the molecule is c1ccc(-c2cc(-c3ccc(N(c4ccc(-c5cccc6ccccc56)cc4)c4ccc(-c5cccc6ccccc56)cc4)cc3)ccc2-c2ccc3ccccc3c2)cc1. The van der Waals surface area contributed by atoms with Gasteiger partial charge in [0.25, 0.3) is 0 Å². The zero-order chi connectivity index (χ0) is 40.5. The first-order chi connectivity index (χ1) is 30.2. The van der Waals surface area contributed by atoms with Gasteiger partial charge in [0.15, 0.2) is 0 Å². The fourth-order valence-electron chi connectivity index (χ4n) is 8.97. The van der Waals surface area contributed by atoms with Gasteiger partial charge in [-0.25, -0.2) is 0 Å². The van der Waals surface area contributed by atoms with E-state index in [4.69, 9.17) is 0 Å². The summed E-state index contributed by atoms with van der Waals surface area (Å²) in [6.07, 6.45) is 0. The summed E-state index contributed by atoms with van der Waals surface area (Å²) >= 11 is 0. The van der Waals surface area contributed by atoms with Crippen molar-refractivity contribution >= 4 is 49.4 Å². The van der Waals surface area contributed by atoms with Gasteiger partial charge in [-0.15, -0.1) is 0 Å². The molecule has 286 valence electrons. The fourth-order valence-corrected chi connectivity index (χ4v) is 8.97. The molecule has 0 aliphatic carbocycles. The van der Waals surface area contributed by atoms with Crippen LogP contribution in [0.2, 0.25) is 0 Å². The van der Waals surface area contributed by atoms with Crippen molar-refractivity contribution in [3.63, 3.8) is 0 Å². The van der Waals surface area contributed by atoms with Gasteiger partial charge in [0, 0.05) is 17.1 Å². The molecule has 11 aromatic rings. The van der Waals surface area contributed by atoms with E-state index in [0.29, 0.717) is 0 Å². The van der Waals surface area contributed by atoms with E-state index in [1.54, 1.807) is 0 Å². The minimum atomic E-state index is 1.09. The van der Waals surface area contributed by atoms with Gasteiger partial charge < -0.3 is 4.90 Å². The van der Waals surface area contributed by atoms with Gasteiger partial charge >= 0.3 is 0 Å². The lowest BCUT2D eigenvalue weighted by molar-refractivity contribution is 1.28. The highest BCUT2D eigenvalue weighted by Gasteiger charge is 2.16. The Balaban J connectivity index is 0.982. The monoisotopic (exact) mass is 775 g/mol. The number of nitrogens with zero attached hydrogens (tertiary/aromatic N) is 1. The molecule has 0 unspecified atom stereocenters. The van der Waals surface area contributed by atoms with E-state index in [1.807, 2.05) is 0 Å². The molecule has 0 aliphatic heterocycles. The van der Waals surface area contributed by atoms with Gasteiger partial charge in [-0.1, -0.05) is 200 Å². The predicted octanol–water partition coefficient (Wildman–Crippen LogP) is 17.0. The quantitative estimate of drug-likeness (QED) is 0.149. The standard InChI is InChI=1S/C60H41N/c1-2-13-46(14-3-1)60-41-50(32-39-59(60)51-25-24-42-12-4-5-17-49(42)40-51)43-26-33-52(34-27-43)61(53-35-28-47(29-36-53)57-22-10-18-44-15-6-8-20-55(44)57)54-37-30-48(31-38-54)58-23-11-19-45-16-7-9-21-56(45)58/h1-41H. The highest BCUT2D eigenvalue weighted by atomic mass is 15.1. The maximum absolute atomic E-state index is 2.36. The van der Waals surface area contributed by atoms with Gasteiger partial charge in [-0.3, -0.25) is 0 Å². The molecular weight excluding hydrogens is 735 g/mol. The third-order valence-electron chi connectivity index (χ3n) is 12.1. The van der Waals surface area contributed by atoms with Crippen molar-refractivity contribution in [2.75, 3.05) is 4.90 Å². The summed E-state index contributed by atoms with van der Waals surface area (Å²) in [7, 11) is 0. The van der Waals surface area contributed by atoms with E-state index in [9.17, 15) is 0 Å². The molecule has 0 bridgehead atoms. The van der Waals surface area contributed by atoms with Crippen LogP contribution >= 0.6 is 0 Å². The molecule has 0 spiro atoms. The summed E-state index contributed by atoms with van der Waals surface area (Å²) in [4.78, 5) is 2.36. The zero-order valence-electron chi connectivity index (χ0n) is 33.6. The Kier molecular flexibility index (Phi) is 9.26. The number of hydrogen-bond donors (Lipinski definition) is 0. The summed E-state index contributed by atoms with van der Waals surface area (Å²) in [5.74, 6) is 0. The van der Waals surface area contributed by atoms with Crippen LogP contribution in [0.3, 0.4) is 0 Å². The maximum atomic E-state index is 2.36. The van der Waals surface area contributed by atoms with E-state index in [1.165, 1.54) is 88.0 Å². The lowest BCUT2D eigenvalue weighted by atomic mass is 9.90. The van der Waals surface area contributed by atoms with E-state index in [-0.39, 0.29) is 0 Å². The Bertz CT molecular complexity index is 3190. The molecule has 0 N–H and O–H groups in total. The first-order valence-corrected chi connectivity index (χ1v) is 21.0. The van der Waals surface area contributed by atoms with Crippen LogP contribution < -0.4 is 4.90 Å². The third-order valence-corrected chi connectivity index (χ3v) is 12.1. The molecule has 0 aliphatic rings. The minimum Gasteiger partial charge on any atom is -0.311 e. The van der Waals surface area contributed by atoms with Gasteiger partial charge in [0.2, 0.25) is 0 Å². The Labute approximate surface area is 357 Å². The van der Waals surface area contributed by atoms with E-state index in [2.05, 4.69) is 254 Å². The number of benzene rings is 11. The van der Waals surface area contributed by atoms with Crippen molar-refractivity contribution in [3.05, 3.63) is 249 Å². The molecule has 0 aromatic heterocycles. The molecule has 11 rings (SSSR count). The van der Waals surface area contributed by atoms with Gasteiger partial charge in [-0.2, -0.15) is 0 Å². The Morgan fingerprint density at radius 3 is 1.20 bits per heavy atom. The second kappa shape index (κ2) is 15.6. The molecule has 1 nitrogen and oxygen atoms in total. The van der Waals surface area contributed by atoms with Crippen LogP contribution in [0, 0.1) is 0 Å². The number of rotatable bonds is 8. The second-order valence-electron chi connectivity index (χ2n) is 15.7. The fraction of sp³-hybridized carbons (Fsp3) is 0. The number of fused-ring (bicyclic) bond motifs is 3. The number of anilines is 3. The Morgan fingerprint density at radius 2 is 0.623 bits per heavy atom. The van der Waals surface area contributed by atoms with Crippen LogP contribution in [0.4, 0.5) is 17.1 Å². The van der Waals surface area contributed by atoms with Crippen LogP contribution in [0.15, 0.2) is 249 Å². The number of hydrogen-bond acceptors (Lipinski definition) is 1. The largest absolute Gasteiger partial charge is 0.311 e. The van der Waals surface area contributed by atoms with Crippen molar-refractivity contribution in [2.45, 2.75) is 0 Å². The summed E-state index contributed by atoms with van der Waals surface area (Å²) in [5.41, 5.74) is 15.4. The van der Waals surface area contributed by atoms with Crippen LogP contribution in [-0.4, -0.2) is 0 Å². The normalized spacial score (nSPS) is 11.3. The maximum Gasteiger partial charge on any atom is 0.0462 e. The molecule has 61 heavy (non-hydrogen) atoms. The lowest BCUT2D eigenvalue weighted by Crippen LogP contribution is -2.09. The van der Waals surface area contributed by atoms with Crippen molar-refractivity contribution in [3.8, 4) is 55.6 Å². The second-order valence-corrected chi connectivity index (χ2v) is 15.7. The average Bonchev–Trinajstić information content (AvgIpc) is 3.34. The topological polar surface area (TPSA) is 3.24 Å². The lowest BCUT2D eigenvalue weighted by Gasteiger charge is -2.26. The van der Waals surface area contributed by atoms with Crippen LogP contribution in [0.25, 0.3) is 88.0 Å².